The number of hydrogen-bond donors (Lipinski definition) is 0. The van der Waals surface area contributed by atoms with Crippen LogP contribution in [0.25, 0.3) is 0 Å². The Labute approximate surface area is 182 Å². The molecule has 0 unspecified atom stereocenters. The summed E-state index contributed by atoms with van der Waals surface area (Å²) in [6.07, 6.45) is -0.829. The fourth-order valence-corrected chi connectivity index (χ4v) is 5.88. The van der Waals surface area contributed by atoms with Gasteiger partial charge < -0.3 is 22.9 Å². The Hall–Kier alpha value is -1.18. The monoisotopic (exact) mass is 460 g/mol. The molecule has 7 nitrogen and oxygen atoms in total. The zero-order chi connectivity index (χ0) is 23.2. The van der Waals surface area contributed by atoms with E-state index in [4.69, 9.17) is 22.9 Å². The second-order valence-corrected chi connectivity index (χ2v) is 15.3. The molecule has 0 aliphatic carbocycles. The van der Waals surface area contributed by atoms with Gasteiger partial charge in [0.05, 0.1) is 20.3 Å². The highest BCUT2D eigenvalue weighted by atomic mass is 31.2. The van der Waals surface area contributed by atoms with E-state index in [0.29, 0.717) is 11.3 Å². The second kappa shape index (κ2) is 10.9. The highest BCUT2D eigenvalue weighted by Crippen LogP contribution is 2.59. The molecule has 0 saturated heterocycles. The van der Waals surface area contributed by atoms with Crippen molar-refractivity contribution in [2.75, 3.05) is 20.3 Å². The van der Waals surface area contributed by atoms with Crippen LogP contribution in [0.5, 0.6) is 5.75 Å². The van der Waals surface area contributed by atoms with E-state index >= 15 is 0 Å². The highest BCUT2D eigenvalue weighted by molar-refractivity contribution is 7.54. The number of ether oxygens (including phenoxy) is 2. The van der Waals surface area contributed by atoms with Crippen molar-refractivity contribution in [1.29, 1.82) is 0 Å². The summed E-state index contributed by atoms with van der Waals surface area (Å²) < 4.78 is 42.3. The van der Waals surface area contributed by atoms with E-state index in [9.17, 15) is 9.36 Å². The lowest BCUT2D eigenvalue weighted by Gasteiger charge is -2.42. The predicted octanol–water partition coefficient (Wildman–Crippen LogP) is 5.91. The van der Waals surface area contributed by atoms with Gasteiger partial charge in [-0.05, 0) is 49.7 Å². The van der Waals surface area contributed by atoms with Gasteiger partial charge in [0.1, 0.15) is 11.9 Å². The molecule has 0 aromatic heterocycles. The molecule has 2 atom stereocenters. The fourth-order valence-electron chi connectivity index (χ4n) is 2.58. The minimum absolute atomic E-state index is 0.125. The first-order chi connectivity index (χ1) is 13.8. The van der Waals surface area contributed by atoms with E-state index in [2.05, 4.69) is 33.9 Å². The first-order valence-corrected chi connectivity index (χ1v) is 14.7. The summed E-state index contributed by atoms with van der Waals surface area (Å²) in [7, 11) is -4.62. The van der Waals surface area contributed by atoms with E-state index in [1.807, 2.05) is 12.1 Å². The average molecular weight is 461 g/mol. The molecule has 0 fully saturated rings. The maximum atomic E-state index is 13.7. The van der Waals surface area contributed by atoms with Crippen molar-refractivity contribution >= 4 is 21.9 Å². The third-order valence-electron chi connectivity index (χ3n) is 5.15. The van der Waals surface area contributed by atoms with Crippen molar-refractivity contribution in [3.8, 4) is 5.75 Å². The summed E-state index contributed by atoms with van der Waals surface area (Å²) in [5.41, 5.74) is 0.700. The molecule has 1 aromatic rings. The molecule has 172 valence electrons. The molecule has 0 aliphatic rings. The number of benzene rings is 1. The molecule has 30 heavy (non-hydrogen) atoms. The van der Waals surface area contributed by atoms with Crippen molar-refractivity contribution < 1.29 is 32.3 Å². The Morgan fingerprint density at radius 3 is 1.93 bits per heavy atom. The normalized spacial score (nSPS) is 14.8. The van der Waals surface area contributed by atoms with Gasteiger partial charge in [-0.2, -0.15) is 0 Å². The zero-order valence-corrected chi connectivity index (χ0v) is 21.6. The van der Waals surface area contributed by atoms with Crippen LogP contribution in [0, 0.1) is 0 Å². The van der Waals surface area contributed by atoms with Crippen LogP contribution in [0.4, 0.5) is 0 Å². The van der Waals surface area contributed by atoms with Crippen molar-refractivity contribution in [3.05, 3.63) is 29.8 Å². The molecule has 0 N–H and O–H groups in total. The summed E-state index contributed by atoms with van der Waals surface area (Å²) in [6, 6.07) is 7.20. The summed E-state index contributed by atoms with van der Waals surface area (Å²) in [5, 5.41) is -0.125. The SMILES string of the molecule is CCOP(=O)(OCC)[C@H](OC(C)=O)[C@@H](O[Si](C)(C)C(C)(C)C)c1ccc(OC)cc1. The summed E-state index contributed by atoms with van der Waals surface area (Å²) in [6.45, 7) is 15.5. The number of hydrogen-bond acceptors (Lipinski definition) is 7. The van der Waals surface area contributed by atoms with E-state index in [1.165, 1.54) is 6.92 Å². The third-order valence-corrected chi connectivity index (χ3v) is 11.8. The number of rotatable bonds is 11. The van der Waals surface area contributed by atoms with Crippen LogP contribution in [-0.4, -0.2) is 40.5 Å². The topological polar surface area (TPSA) is 80.3 Å². The maximum absolute atomic E-state index is 13.7. The van der Waals surface area contributed by atoms with Gasteiger partial charge in [0.25, 0.3) is 0 Å². The molecule has 1 aromatic carbocycles. The Balaban J connectivity index is 3.61. The van der Waals surface area contributed by atoms with Gasteiger partial charge in [-0.1, -0.05) is 32.9 Å². The Morgan fingerprint density at radius 2 is 1.57 bits per heavy atom. The lowest BCUT2D eigenvalue weighted by molar-refractivity contribution is -0.147. The molecule has 0 amide bonds. The molecule has 0 saturated carbocycles. The van der Waals surface area contributed by atoms with Crippen molar-refractivity contribution in [3.63, 3.8) is 0 Å². The third kappa shape index (κ3) is 6.92. The highest BCUT2D eigenvalue weighted by Gasteiger charge is 2.49. The molecule has 0 aliphatic heterocycles. The second-order valence-electron chi connectivity index (χ2n) is 8.45. The van der Waals surface area contributed by atoms with Crippen molar-refractivity contribution in [2.24, 2.45) is 0 Å². The first-order valence-electron chi connectivity index (χ1n) is 10.2. The van der Waals surface area contributed by atoms with E-state index in [-0.39, 0.29) is 18.3 Å². The Morgan fingerprint density at radius 1 is 1.07 bits per heavy atom. The number of carbonyl (C=O) groups excluding carboxylic acids is 1. The van der Waals surface area contributed by atoms with Crippen LogP contribution in [0.15, 0.2) is 24.3 Å². The zero-order valence-electron chi connectivity index (χ0n) is 19.7. The Kier molecular flexibility index (Phi) is 9.77. The van der Waals surface area contributed by atoms with Crippen LogP contribution >= 0.6 is 7.60 Å². The first kappa shape index (κ1) is 26.9. The van der Waals surface area contributed by atoms with Crippen LogP contribution in [0.2, 0.25) is 18.1 Å². The summed E-state index contributed by atoms with van der Waals surface area (Å²) in [4.78, 5) is 12.0. The molecule has 9 heteroatoms. The Bertz CT molecular complexity index is 718. The van der Waals surface area contributed by atoms with Gasteiger partial charge in [-0.3, -0.25) is 9.36 Å². The van der Waals surface area contributed by atoms with Gasteiger partial charge in [0.2, 0.25) is 5.85 Å². The lowest BCUT2D eigenvalue weighted by Crippen LogP contribution is -2.44. The predicted molar refractivity (Wildman–Crippen MR) is 120 cm³/mol. The van der Waals surface area contributed by atoms with Gasteiger partial charge in [0, 0.05) is 6.92 Å². The smallest absolute Gasteiger partial charge is 0.373 e. The summed E-state index contributed by atoms with van der Waals surface area (Å²) >= 11 is 0. The van der Waals surface area contributed by atoms with Crippen LogP contribution in [0.1, 0.15) is 53.2 Å². The van der Waals surface area contributed by atoms with Crippen LogP contribution in [-0.2, 0) is 27.6 Å². The van der Waals surface area contributed by atoms with E-state index in [0.717, 1.165) is 0 Å². The molecule has 1 rings (SSSR count). The quantitative estimate of drug-likeness (QED) is 0.231. The average Bonchev–Trinajstić information content (AvgIpc) is 2.64. The standard InChI is InChI=1S/C21H37O7PSi/c1-10-25-29(23,26-11-2)20(27-16(3)22)19(28-30(8,9)21(4,5)6)17-12-14-18(24-7)15-13-17/h12-15,19-20H,10-11H2,1-9H3/t19-,20-/m0/s1. The molecule has 0 radical (unpaired) electrons. The van der Waals surface area contributed by atoms with Gasteiger partial charge in [0.15, 0.2) is 8.32 Å². The van der Waals surface area contributed by atoms with Crippen LogP contribution < -0.4 is 4.74 Å². The molecular weight excluding hydrogens is 423 g/mol. The van der Waals surface area contributed by atoms with Crippen molar-refractivity contribution in [1.82, 2.24) is 0 Å². The molecule has 0 spiro atoms. The molecule has 0 heterocycles. The minimum atomic E-state index is -3.84. The number of esters is 1. The van der Waals surface area contributed by atoms with Crippen LogP contribution in [0.3, 0.4) is 0 Å². The van der Waals surface area contributed by atoms with Gasteiger partial charge >= 0.3 is 13.6 Å². The maximum Gasteiger partial charge on any atom is 0.373 e. The molecule has 0 bridgehead atoms. The van der Waals surface area contributed by atoms with E-state index < -0.39 is 33.8 Å². The van der Waals surface area contributed by atoms with E-state index in [1.54, 1.807) is 33.1 Å². The van der Waals surface area contributed by atoms with Gasteiger partial charge in [-0.15, -0.1) is 0 Å². The summed E-state index contributed by atoms with van der Waals surface area (Å²) in [5.74, 6) is -1.15. The largest absolute Gasteiger partial charge is 0.497 e. The minimum Gasteiger partial charge on any atom is -0.497 e. The van der Waals surface area contributed by atoms with Gasteiger partial charge in [-0.25, -0.2) is 0 Å². The lowest BCUT2D eigenvalue weighted by atomic mass is 10.1. The number of carbonyl (C=O) groups is 1. The fraction of sp³-hybridized carbons (Fsp3) is 0.667. The number of methoxy groups -OCH3 is 1. The van der Waals surface area contributed by atoms with Crippen molar-refractivity contribution in [2.45, 2.75) is 71.6 Å². The molecular formula is C21H37O7PSi.